The van der Waals surface area contributed by atoms with Gasteiger partial charge in [-0.15, -0.1) is 0 Å². The molecule has 0 unspecified atom stereocenters. The van der Waals surface area contributed by atoms with Crippen LogP contribution in [0.2, 0.25) is 0 Å². The van der Waals surface area contributed by atoms with Gasteiger partial charge in [-0.25, -0.2) is 4.79 Å². The molecular weight excluding hydrogens is 390 g/mol. The number of carbonyl (C=O) groups excluding carboxylic acids is 1. The Balaban J connectivity index is 1.64. The molecule has 0 bridgehead atoms. The lowest BCUT2D eigenvalue weighted by atomic mass is 10.1. The monoisotopic (exact) mass is 415 g/mol. The van der Waals surface area contributed by atoms with Crippen LogP contribution < -0.4 is 5.43 Å². The van der Waals surface area contributed by atoms with Gasteiger partial charge in [-0.05, 0) is 42.2 Å². The number of nitrogens with zero attached hydrogens (tertiary/aromatic N) is 2. The van der Waals surface area contributed by atoms with Crippen molar-refractivity contribution >= 4 is 29.0 Å². The quantitative estimate of drug-likeness (QED) is 0.250. The Kier molecular flexibility index (Phi) is 5.89. The molecule has 0 spiro atoms. The summed E-state index contributed by atoms with van der Waals surface area (Å²) >= 11 is 0. The molecule has 2 heterocycles. The second kappa shape index (κ2) is 8.92. The van der Waals surface area contributed by atoms with E-state index in [-0.39, 0.29) is 0 Å². The summed E-state index contributed by atoms with van der Waals surface area (Å²) in [5, 5.41) is 5.20. The molecule has 0 amide bonds. The molecule has 4 aromatic rings. The number of para-hydroxylation sites is 1. The minimum absolute atomic E-state index is 0.397. The zero-order valence-electron chi connectivity index (χ0n) is 17.9. The first kappa shape index (κ1) is 20.5. The van der Waals surface area contributed by atoms with Gasteiger partial charge in [0.05, 0.1) is 25.6 Å². The van der Waals surface area contributed by atoms with Gasteiger partial charge in [-0.2, -0.15) is 5.10 Å². The molecule has 158 valence electrons. The molecule has 31 heavy (non-hydrogen) atoms. The third-order valence-corrected chi connectivity index (χ3v) is 5.27. The van der Waals surface area contributed by atoms with E-state index in [0.717, 1.165) is 28.6 Å². The molecule has 0 fully saturated rings. The second-order valence-corrected chi connectivity index (χ2v) is 7.33. The van der Waals surface area contributed by atoms with E-state index < -0.39 is 5.97 Å². The van der Waals surface area contributed by atoms with Crippen LogP contribution in [0.3, 0.4) is 0 Å². The Bertz CT molecular complexity index is 1240. The van der Waals surface area contributed by atoms with Crippen LogP contribution in [-0.2, 0) is 17.7 Å². The zero-order chi connectivity index (χ0) is 21.8. The van der Waals surface area contributed by atoms with Crippen molar-refractivity contribution in [2.75, 3.05) is 12.5 Å². The number of methoxy groups -OCH3 is 1. The van der Waals surface area contributed by atoms with E-state index in [1.54, 1.807) is 12.3 Å². The number of fused-ring (bicyclic) bond motifs is 1. The third-order valence-electron chi connectivity index (χ3n) is 5.27. The average Bonchev–Trinajstić information content (AvgIpc) is 3.33. The molecule has 6 heteroatoms. The number of aromatic nitrogens is 1. The topological polar surface area (TPSA) is 68.8 Å². The number of furan rings is 1. The van der Waals surface area contributed by atoms with Gasteiger partial charge in [-0.3, -0.25) is 5.43 Å². The SMILES string of the molecule is CCc1cccc(C)c1N/N=C\c1cc2cc(C(=O)OC)n(Cc3ccccc3)c2o1. The summed E-state index contributed by atoms with van der Waals surface area (Å²) in [4.78, 5) is 12.3. The van der Waals surface area contributed by atoms with Crippen molar-refractivity contribution in [1.29, 1.82) is 0 Å². The van der Waals surface area contributed by atoms with E-state index in [9.17, 15) is 4.79 Å². The number of nitrogens with one attached hydrogen (secondary N) is 1. The van der Waals surface area contributed by atoms with E-state index in [1.165, 1.54) is 12.7 Å². The van der Waals surface area contributed by atoms with E-state index >= 15 is 0 Å². The molecule has 0 saturated carbocycles. The van der Waals surface area contributed by atoms with Crippen molar-refractivity contribution in [3.8, 4) is 0 Å². The van der Waals surface area contributed by atoms with Crippen molar-refractivity contribution in [3.63, 3.8) is 0 Å². The predicted octanol–water partition coefficient (Wildman–Crippen LogP) is 5.39. The summed E-state index contributed by atoms with van der Waals surface area (Å²) < 4.78 is 12.8. The molecule has 1 N–H and O–H groups in total. The smallest absolute Gasteiger partial charge is 0.354 e. The lowest BCUT2D eigenvalue weighted by molar-refractivity contribution is 0.0589. The van der Waals surface area contributed by atoms with Crippen LogP contribution >= 0.6 is 0 Å². The third kappa shape index (κ3) is 4.23. The molecule has 0 aliphatic carbocycles. The van der Waals surface area contributed by atoms with Crippen LogP contribution in [0.4, 0.5) is 5.69 Å². The Morgan fingerprint density at radius 3 is 2.71 bits per heavy atom. The summed E-state index contributed by atoms with van der Waals surface area (Å²) in [7, 11) is 1.38. The van der Waals surface area contributed by atoms with Crippen molar-refractivity contribution in [3.05, 3.63) is 88.8 Å². The fourth-order valence-electron chi connectivity index (χ4n) is 3.67. The minimum Gasteiger partial charge on any atom is -0.464 e. The van der Waals surface area contributed by atoms with Crippen LogP contribution in [0.1, 0.15) is 39.9 Å². The van der Waals surface area contributed by atoms with Gasteiger partial charge in [0.1, 0.15) is 11.5 Å². The molecule has 0 aliphatic heterocycles. The van der Waals surface area contributed by atoms with E-state index in [1.807, 2.05) is 47.0 Å². The van der Waals surface area contributed by atoms with Crippen LogP contribution in [-0.4, -0.2) is 23.9 Å². The maximum Gasteiger partial charge on any atom is 0.354 e. The number of anilines is 1. The molecule has 0 radical (unpaired) electrons. The van der Waals surface area contributed by atoms with Gasteiger partial charge in [0, 0.05) is 5.39 Å². The number of esters is 1. The molecule has 2 aromatic carbocycles. The second-order valence-electron chi connectivity index (χ2n) is 7.33. The number of rotatable bonds is 7. The molecule has 0 atom stereocenters. The molecule has 4 rings (SSSR count). The normalized spacial score (nSPS) is 11.3. The lowest BCUT2D eigenvalue weighted by Crippen LogP contribution is -2.11. The minimum atomic E-state index is -0.397. The predicted molar refractivity (Wildman–Crippen MR) is 123 cm³/mol. The highest BCUT2D eigenvalue weighted by Crippen LogP contribution is 2.26. The molecule has 6 nitrogen and oxygen atoms in total. The van der Waals surface area contributed by atoms with E-state index in [4.69, 9.17) is 9.15 Å². The van der Waals surface area contributed by atoms with Crippen LogP contribution in [0.15, 0.2) is 70.2 Å². The fourth-order valence-corrected chi connectivity index (χ4v) is 3.67. The molecular formula is C25H25N3O3. The van der Waals surface area contributed by atoms with Gasteiger partial charge >= 0.3 is 5.97 Å². The average molecular weight is 415 g/mol. The first-order valence-corrected chi connectivity index (χ1v) is 10.2. The first-order valence-electron chi connectivity index (χ1n) is 10.2. The van der Waals surface area contributed by atoms with Crippen LogP contribution in [0, 0.1) is 6.92 Å². The Hall–Kier alpha value is -3.80. The number of aryl methyl sites for hydroxylation is 2. The number of hydrazone groups is 1. The van der Waals surface area contributed by atoms with Gasteiger partial charge in [-0.1, -0.05) is 55.5 Å². The first-order chi connectivity index (χ1) is 15.1. The Morgan fingerprint density at radius 2 is 1.97 bits per heavy atom. The van der Waals surface area contributed by atoms with E-state index in [0.29, 0.717) is 23.7 Å². The Labute approximate surface area is 181 Å². The van der Waals surface area contributed by atoms with Crippen molar-refractivity contribution in [2.24, 2.45) is 5.10 Å². The summed E-state index contributed by atoms with van der Waals surface area (Å²) in [6.45, 7) is 4.67. The molecule has 2 aromatic heterocycles. The fraction of sp³-hybridized carbons (Fsp3) is 0.200. The number of carbonyl (C=O) groups is 1. The highest BCUT2D eigenvalue weighted by Gasteiger charge is 2.19. The highest BCUT2D eigenvalue weighted by molar-refractivity contribution is 5.96. The van der Waals surface area contributed by atoms with Crippen molar-refractivity contribution in [2.45, 2.75) is 26.8 Å². The van der Waals surface area contributed by atoms with Crippen LogP contribution in [0.5, 0.6) is 0 Å². The van der Waals surface area contributed by atoms with Gasteiger partial charge in [0.15, 0.2) is 0 Å². The maximum atomic E-state index is 12.3. The van der Waals surface area contributed by atoms with Gasteiger partial charge in [0.25, 0.3) is 0 Å². The molecule has 0 aliphatic rings. The standard InChI is InChI=1S/C25H25N3O3/c1-4-19-12-8-9-17(2)23(19)27-26-15-21-13-20-14-22(25(29)30-3)28(24(20)31-21)16-18-10-6-5-7-11-18/h5-15,27H,4,16H2,1-3H3/b26-15-. The zero-order valence-corrected chi connectivity index (χ0v) is 17.9. The Morgan fingerprint density at radius 1 is 1.16 bits per heavy atom. The van der Waals surface area contributed by atoms with Gasteiger partial charge < -0.3 is 13.7 Å². The largest absolute Gasteiger partial charge is 0.464 e. The summed E-state index contributed by atoms with van der Waals surface area (Å²) in [5.74, 6) is 0.202. The van der Waals surface area contributed by atoms with Crippen molar-refractivity contribution < 1.29 is 13.9 Å². The van der Waals surface area contributed by atoms with E-state index in [2.05, 4.69) is 36.5 Å². The van der Waals surface area contributed by atoms with Crippen molar-refractivity contribution in [1.82, 2.24) is 4.57 Å². The number of hydrogen-bond donors (Lipinski definition) is 1. The summed E-state index contributed by atoms with van der Waals surface area (Å²) in [6.07, 6.45) is 2.57. The lowest BCUT2D eigenvalue weighted by Gasteiger charge is -2.09. The highest BCUT2D eigenvalue weighted by atomic mass is 16.5. The molecule has 0 saturated heterocycles. The van der Waals surface area contributed by atoms with Gasteiger partial charge in [0.2, 0.25) is 5.71 Å². The summed E-state index contributed by atoms with van der Waals surface area (Å²) in [6, 6.07) is 19.8. The summed E-state index contributed by atoms with van der Waals surface area (Å²) in [5.41, 5.74) is 8.62. The van der Waals surface area contributed by atoms with Crippen LogP contribution in [0.25, 0.3) is 11.1 Å². The number of benzene rings is 2. The number of ether oxygens (including phenoxy) is 1. The maximum absolute atomic E-state index is 12.3. The number of hydrogen-bond acceptors (Lipinski definition) is 5.